The molecule has 0 heterocycles. The number of carbonyl (C=O) groups is 1. The van der Waals surface area contributed by atoms with Crippen molar-refractivity contribution < 1.29 is 35.2 Å². The van der Waals surface area contributed by atoms with E-state index in [-0.39, 0.29) is 6.29 Å². The van der Waals surface area contributed by atoms with Crippen LogP contribution in [0.15, 0.2) is 17.0 Å². The van der Waals surface area contributed by atoms with Gasteiger partial charge in [-0.3, -0.25) is 4.79 Å². The molecule has 0 saturated heterocycles. The second-order valence-electron chi connectivity index (χ2n) is 6.33. The van der Waals surface area contributed by atoms with Crippen molar-refractivity contribution in [2.24, 2.45) is 5.41 Å². The van der Waals surface area contributed by atoms with Gasteiger partial charge in [0.15, 0.2) is 12.1 Å². The van der Waals surface area contributed by atoms with Crippen LogP contribution in [0.3, 0.4) is 0 Å². The third-order valence-corrected chi connectivity index (χ3v) is 3.38. The summed E-state index contributed by atoms with van der Waals surface area (Å²) >= 11 is 0. The van der Waals surface area contributed by atoms with Gasteiger partial charge in [-0.2, -0.15) is 13.2 Å². The van der Waals surface area contributed by atoms with Gasteiger partial charge in [0.05, 0.1) is 5.56 Å². The number of rotatable bonds is 4. The van der Waals surface area contributed by atoms with Crippen molar-refractivity contribution >= 4 is 16.3 Å². The van der Waals surface area contributed by atoms with Crippen molar-refractivity contribution in [2.45, 2.75) is 38.8 Å². The number of carbonyl (C=O) groups excluding carboxylic acids is 1. The summed E-state index contributed by atoms with van der Waals surface area (Å²) < 4.78 is 85.9. The van der Waals surface area contributed by atoms with E-state index < -0.39 is 44.8 Å². The Morgan fingerprint density at radius 3 is 1.92 bits per heavy atom. The predicted octanol–water partition coefficient (Wildman–Crippen LogP) is 3.67. The van der Waals surface area contributed by atoms with Crippen molar-refractivity contribution in [1.29, 1.82) is 0 Å². The third-order valence-electron chi connectivity index (χ3n) is 1.96. The molecule has 0 aliphatic rings. The van der Waals surface area contributed by atoms with Crippen molar-refractivity contribution in [1.82, 2.24) is 4.72 Å². The highest BCUT2D eigenvalue weighted by Crippen LogP contribution is 2.21. The Kier molecular flexibility index (Phi) is 7.50. The van der Waals surface area contributed by atoms with Gasteiger partial charge in [-0.15, -0.1) is 0 Å². The second-order valence-corrected chi connectivity index (χ2v) is 8.07. The first-order valence-electron chi connectivity index (χ1n) is 6.58. The van der Waals surface area contributed by atoms with Gasteiger partial charge in [0.1, 0.15) is 17.3 Å². The summed E-state index contributed by atoms with van der Waals surface area (Å²) in [4.78, 5) is 9.13. The minimum atomic E-state index is -4.84. The maximum Gasteiger partial charge on any atom is 0.402 e. The van der Waals surface area contributed by atoms with E-state index in [1.807, 2.05) is 0 Å². The fourth-order valence-corrected chi connectivity index (χ4v) is 2.22. The summed E-state index contributed by atoms with van der Waals surface area (Å²) in [6.45, 7) is 6.84. The standard InChI is InChI=1S/C9H6F5NO3S.C5H12/c10-6-1-2-7(8(11)5(6)3-16)19(17,18)15-4-9(12,13)14;1-5(2,3)4/h1-3,15H,4H2;1-4H3. The fraction of sp³-hybridized carbons (Fsp3) is 0.500. The molecule has 1 aromatic carbocycles. The van der Waals surface area contributed by atoms with E-state index in [9.17, 15) is 35.2 Å². The average Bonchev–Trinajstić information content (AvgIpc) is 2.34. The van der Waals surface area contributed by atoms with Gasteiger partial charge in [0, 0.05) is 0 Å². The highest BCUT2D eigenvalue weighted by atomic mass is 32.2. The van der Waals surface area contributed by atoms with Crippen LogP contribution in [-0.4, -0.2) is 27.4 Å². The van der Waals surface area contributed by atoms with Crippen LogP contribution in [0, 0.1) is 17.0 Å². The first-order chi connectivity index (χ1) is 10.6. The van der Waals surface area contributed by atoms with Gasteiger partial charge in [-0.05, 0) is 17.5 Å². The molecular weight excluding hydrogens is 357 g/mol. The second kappa shape index (κ2) is 8.02. The first kappa shape index (κ1) is 22.4. The maximum atomic E-state index is 13.5. The summed E-state index contributed by atoms with van der Waals surface area (Å²) in [5.41, 5.74) is -0.671. The van der Waals surface area contributed by atoms with E-state index in [2.05, 4.69) is 27.7 Å². The molecule has 0 unspecified atom stereocenters. The Bertz CT molecular complexity index is 673. The Morgan fingerprint density at radius 1 is 1.08 bits per heavy atom. The lowest BCUT2D eigenvalue weighted by Gasteiger charge is -2.10. The summed E-state index contributed by atoms with van der Waals surface area (Å²) in [6, 6.07) is 0.894. The number of hydrogen-bond donors (Lipinski definition) is 1. The molecule has 0 saturated carbocycles. The molecule has 0 aliphatic carbocycles. The Balaban J connectivity index is 0.000000922. The molecule has 0 spiro atoms. The number of alkyl halides is 3. The molecule has 4 nitrogen and oxygen atoms in total. The van der Waals surface area contributed by atoms with E-state index in [1.54, 1.807) is 0 Å². The molecule has 10 heteroatoms. The summed E-state index contributed by atoms with van der Waals surface area (Å²) in [5.74, 6) is -3.06. The molecular formula is C14H18F5NO3S. The Labute approximate surface area is 137 Å². The average molecular weight is 375 g/mol. The third kappa shape index (κ3) is 8.34. The maximum absolute atomic E-state index is 13.5. The number of nitrogens with one attached hydrogen (secondary N) is 1. The predicted molar refractivity (Wildman–Crippen MR) is 78.1 cm³/mol. The van der Waals surface area contributed by atoms with Crippen LogP contribution in [0.1, 0.15) is 38.1 Å². The normalized spacial score (nSPS) is 12.4. The summed E-state index contributed by atoms with van der Waals surface area (Å²) in [6.07, 6.45) is -5.11. The van der Waals surface area contributed by atoms with Crippen molar-refractivity contribution in [3.8, 4) is 0 Å². The van der Waals surface area contributed by atoms with E-state index in [0.717, 1.165) is 4.72 Å². The lowest BCUT2D eigenvalue weighted by molar-refractivity contribution is -0.121. The highest BCUT2D eigenvalue weighted by Gasteiger charge is 2.31. The highest BCUT2D eigenvalue weighted by molar-refractivity contribution is 7.89. The number of hydrogen-bond acceptors (Lipinski definition) is 3. The van der Waals surface area contributed by atoms with Crippen LogP contribution in [0.2, 0.25) is 0 Å². The van der Waals surface area contributed by atoms with Gasteiger partial charge in [0.2, 0.25) is 10.0 Å². The van der Waals surface area contributed by atoms with Crippen molar-refractivity contribution in [3.05, 3.63) is 29.3 Å². The molecule has 24 heavy (non-hydrogen) atoms. The monoisotopic (exact) mass is 375 g/mol. The van der Waals surface area contributed by atoms with Gasteiger partial charge in [0.25, 0.3) is 0 Å². The molecule has 0 bridgehead atoms. The first-order valence-corrected chi connectivity index (χ1v) is 8.06. The topological polar surface area (TPSA) is 63.2 Å². The van der Waals surface area contributed by atoms with Crippen LogP contribution in [0.4, 0.5) is 22.0 Å². The Morgan fingerprint density at radius 2 is 1.54 bits per heavy atom. The largest absolute Gasteiger partial charge is 0.402 e. The SMILES string of the molecule is CC(C)(C)C.O=Cc1c(F)ccc(S(=O)(=O)NCC(F)(F)F)c1F. The number of sulfonamides is 1. The van der Waals surface area contributed by atoms with E-state index in [0.29, 0.717) is 17.5 Å². The molecule has 138 valence electrons. The minimum absolute atomic E-state index is 0.270. The van der Waals surface area contributed by atoms with Crippen molar-refractivity contribution in [3.63, 3.8) is 0 Å². The molecule has 0 aromatic heterocycles. The van der Waals surface area contributed by atoms with E-state index in [1.165, 1.54) is 0 Å². The molecule has 1 rings (SSSR count). The Hall–Kier alpha value is -1.55. The fourth-order valence-electron chi connectivity index (χ4n) is 1.12. The lowest BCUT2D eigenvalue weighted by Crippen LogP contribution is -2.34. The number of halogens is 5. The smallest absolute Gasteiger partial charge is 0.298 e. The van der Waals surface area contributed by atoms with Crippen LogP contribution >= 0.6 is 0 Å². The van der Waals surface area contributed by atoms with E-state index in [4.69, 9.17) is 0 Å². The minimum Gasteiger partial charge on any atom is -0.298 e. The zero-order valence-corrected chi connectivity index (χ0v) is 14.3. The van der Waals surface area contributed by atoms with Crippen LogP contribution in [0.25, 0.3) is 0 Å². The van der Waals surface area contributed by atoms with E-state index >= 15 is 0 Å². The molecule has 0 atom stereocenters. The zero-order chi connectivity index (χ0) is 19.3. The van der Waals surface area contributed by atoms with Gasteiger partial charge < -0.3 is 0 Å². The quantitative estimate of drug-likeness (QED) is 0.645. The van der Waals surface area contributed by atoms with Crippen LogP contribution in [-0.2, 0) is 10.0 Å². The molecule has 0 radical (unpaired) electrons. The number of aldehydes is 1. The lowest BCUT2D eigenvalue weighted by atomic mass is 10.0. The molecule has 0 fully saturated rings. The zero-order valence-electron chi connectivity index (χ0n) is 13.5. The molecule has 0 aliphatic heterocycles. The van der Waals surface area contributed by atoms with Gasteiger partial charge in [-0.1, -0.05) is 27.7 Å². The van der Waals surface area contributed by atoms with Gasteiger partial charge >= 0.3 is 6.18 Å². The molecule has 0 amide bonds. The molecule has 1 N–H and O–H groups in total. The summed E-state index contributed by atoms with van der Waals surface area (Å²) in [7, 11) is -4.84. The van der Waals surface area contributed by atoms with Crippen molar-refractivity contribution in [2.75, 3.05) is 6.54 Å². The number of benzene rings is 1. The molecule has 1 aromatic rings. The van der Waals surface area contributed by atoms with Crippen LogP contribution in [0.5, 0.6) is 0 Å². The van der Waals surface area contributed by atoms with Crippen LogP contribution < -0.4 is 4.72 Å². The summed E-state index contributed by atoms with van der Waals surface area (Å²) in [5, 5.41) is 0. The van der Waals surface area contributed by atoms with Gasteiger partial charge in [-0.25, -0.2) is 21.9 Å².